The van der Waals surface area contributed by atoms with Crippen molar-refractivity contribution in [3.8, 4) is 0 Å². The fraction of sp³-hybridized carbons (Fsp3) is 0.533. The van der Waals surface area contributed by atoms with E-state index in [0.29, 0.717) is 25.6 Å². The number of aryl methyl sites for hydroxylation is 3. The van der Waals surface area contributed by atoms with Crippen molar-refractivity contribution in [3.05, 3.63) is 35.9 Å². The minimum atomic E-state index is 0.203. The summed E-state index contributed by atoms with van der Waals surface area (Å²) in [5.41, 5.74) is 2.07. The summed E-state index contributed by atoms with van der Waals surface area (Å²) >= 11 is 0. The van der Waals surface area contributed by atoms with Crippen molar-refractivity contribution in [3.63, 3.8) is 0 Å². The quantitative estimate of drug-likeness (QED) is 0.809. The van der Waals surface area contributed by atoms with Crippen LogP contribution in [-0.2, 0) is 24.9 Å². The van der Waals surface area contributed by atoms with Gasteiger partial charge >= 0.3 is 0 Å². The molecule has 1 amide bonds. The lowest BCUT2D eigenvalue weighted by atomic mass is 10.2. The van der Waals surface area contributed by atoms with Crippen molar-refractivity contribution in [1.29, 1.82) is 0 Å². The van der Waals surface area contributed by atoms with E-state index in [4.69, 9.17) is 0 Å². The molecule has 6 heteroatoms. The fourth-order valence-corrected chi connectivity index (χ4v) is 2.50. The van der Waals surface area contributed by atoms with Crippen molar-refractivity contribution < 1.29 is 4.79 Å². The summed E-state index contributed by atoms with van der Waals surface area (Å²) in [7, 11) is 1.90. The second kappa shape index (κ2) is 5.71. The van der Waals surface area contributed by atoms with Gasteiger partial charge in [-0.3, -0.25) is 14.2 Å². The molecule has 1 aliphatic carbocycles. The van der Waals surface area contributed by atoms with Gasteiger partial charge in [-0.05, 0) is 25.8 Å². The Morgan fingerprint density at radius 3 is 2.86 bits per heavy atom. The first-order chi connectivity index (χ1) is 10.1. The van der Waals surface area contributed by atoms with Gasteiger partial charge in [0.2, 0.25) is 5.91 Å². The standard InChI is InChI=1S/C15H21N5O/c1-12-5-7-19(17-12)8-6-15(21)20(14-3-4-14)11-13-9-16-18(2)10-13/h5,7,9-10,14H,3-4,6,8,11H2,1-2H3. The van der Waals surface area contributed by atoms with Crippen LogP contribution in [0.4, 0.5) is 0 Å². The average Bonchev–Trinajstić information content (AvgIpc) is 3.09. The molecule has 1 aliphatic rings. The minimum absolute atomic E-state index is 0.203. The van der Waals surface area contributed by atoms with Crippen LogP contribution < -0.4 is 0 Å². The molecule has 0 aliphatic heterocycles. The topological polar surface area (TPSA) is 56.0 Å². The molecule has 1 fully saturated rings. The summed E-state index contributed by atoms with van der Waals surface area (Å²) in [6.07, 6.45) is 8.46. The summed E-state index contributed by atoms with van der Waals surface area (Å²) in [6.45, 7) is 3.26. The number of hydrogen-bond acceptors (Lipinski definition) is 3. The maximum atomic E-state index is 12.5. The second-order valence-electron chi connectivity index (χ2n) is 5.75. The van der Waals surface area contributed by atoms with Crippen LogP contribution in [0.1, 0.15) is 30.5 Å². The summed E-state index contributed by atoms with van der Waals surface area (Å²) in [5, 5.41) is 8.49. The van der Waals surface area contributed by atoms with Gasteiger partial charge in [0.05, 0.1) is 11.9 Å². The van der Waals surface area contributed by atoms with E-state index in [1.165, 1.54) is 0 Å². The Morgan fingerprint density at radius 1 is 1.48 bits per heavy atom. The SMILES string of the molecule is Cc1ccn(CCC(=O)N(Cc2cnn(C)c2)C2CC2)n1. The summed E-state index contributed by atoms with van der Waals surface area (Å²) in [5.74, 6) is 0.203. The normalized spacial score (nSPS) is 14.4. The Labute approximate surface area is 124 Å². The summed E-state index contributed by atoms with van der Waals surface area (Å²) in [4.78, 5) is 14.5. The molecular formula is C15H21N5O. The highest BCUT2D eigenvalue weighted by atomic mass is 16.2. The van der Waals surface area contributed by atoms with Crippen LogP contribution >= 0.6 is 0 Å². The molecule has 1 saturated carbocycles. The molecule has 2 aromatic rings. The van der Waals surface area contributed by atoms with Crippen molar-refractivity contribution in [2.75, 3.05) is 0 Å². The number of carbonyl (C=O) groups is 1. The Bertz CT molecular complexity index is 626. The van der Waals surface area contributed by atoms with E-state index in [1.54, 1.807) is 4.68 Å². The molecule has 0 spiro atoms. The van der Waals surface area contributed by atoms with Gasteiger partial charge < -0.3 is 4.90 Å². The highest BCUT2D eigenvalue weighted by Crippen LogP contribution is 2.29. The molecule has 6 nitrogen and oxygen atoms in total. The first kappa shape index (κ1) is 13.9. The van der Waals surface area contributed by atoms with Gasteiger partial charge in [-0.1, -0.05) is 0 Å². The monoisotopic (exact) mass is 287 g/mol. The zero-order valence-corrected chi connectivity index (χ0v) is 12.6. The third-order valence-corrected chi connectivity index (χ3v) is 3.75. The summed E-state index contributed by atoms with van der Waals surface area (Å²) in [6, 6.07) is 2.37. The maximum absolute atomic E-state index is 12.5. The number of carbonyl (C=O) groups excluding carboxylic acids is 1. The molecule has 112 valence electrons. The second-order valence-corrected chi connectivity index (χ2v) is 5.75. The minimum Gasteiger partial charge on any atom is -0.335 e. The molecule has 3 rings (SSSR count). The predicted octanol–water partition coefficient (Wildman–Crippen LogP) is 1.51. The number of aromatic nitrogens is 4. The predicted molar refractivity (Wildman–Crippen MR) is 78.4 cm³/mol. The lowest BCUT2D eigenvalue weighted by Gasteiger charge is -2.21. The van der Waals surface area contributed by atoms with Crippen LogP contribution in [0.15, 0.2) is 24.7 Å². The van der Waals surface area contributed by atoms with Crippen molar-refractivity contribution in [2.24, 2.45) is 7.05 Å². The van der Waals surface area contributed by atoms with E-state index in [-0.39, 0.29) is 5.91 Å². The smallest absolute Gasteiger partial charge is 0.224 e. The molecule has 0 aromatic carbocycles. The van der Waals surface area contributed by atoms with Crippen LogP contribution in [0.5, 0.6) is 0 Å². The van der Waals surface area contributed by atoms with E-state index in [1.807, 2.05) is 48.2 Å². The Balaban J connectivity index is 1.59. The number of amides is 1. The van der Waals surface area contributed by atoms with Gasteiger partial charge in [0, 0.05) is 50.6 Å². The average molecular weight is 287 g/mol. The van der Waals surface area contributed by atoms with Crippen LogP contribution in [-0.4, -0.2) is 36.4 Å². The van der Waals surface area contributed by atoms with Crippen LogP contribution in [0.3, 0.4) is 0 Å². The van der Waals surface area contributed by atoms with Gasteiger partial charge in [-0.15, -0.1) is 0 Å². The Kier molecular flexibility index (Phi) is 3.77. The zero-order valence-electron chi connectivity index (χ0n) is 12.6. The van der Waals surface area contributed by atoms with E-state index >= 15 is 0 Å². The van der Waals surface area contributed by atoms with E-state index in [2.05, 4.69) is 10.2 Å². The van der Waals surface area contributed by atoms with Crippen LogP contribution in [0.2, 0.25) is 0 Å². The van der Waals surface area contributed by atoms with Crippen LogP contribution in [0, 0.1) is 6.92 Å². The van der Waals surface area contributed by atoms with Gasteiger partial charge in [0.1, 0.15) is 0 Å². The molecule has 0 atom stereocenters. The van der Waals surface area contributed by atoms with E-state index < -0.39 is 0 Å². The lowest BCUT2D eigenvalue weighted by molar-refractivity contribution is -0.132. The molecular weight excluding hydrogens is 266 g/mol. The Hall–Kier alpha value is -2.11. The molecule has 21 heavy (non-hydrogen) atoms. The zero-order chi connectivity index (χ0) is 14.8. The number of hydrogen-bond donors (Lipinski definition) is 0. The third-order valence-electron chi connectivity index (χ3n) is 3.75. The number of rotatable bonds is 6. The van der Waals surface area contributed by atoms with E-state index in [0.717, 1.165) is 24.1 Å². The first-order valence-electron chi connectivity index (χ1n) is 7.39. The molecule has 2 heterocycles. The largest absolute Gasteiger partial charge is 0.335 e. The van der Waals surface area contributed by atoms with Crippen molar-refractivity contribution in [2.45, 2.75) is 45.3 Å². The maximum Gasteiger partial charge on any atom is 0.224 e. The molecule has 0 saturated heterocycles. The molecule has 0 radical (unpaired) electrons. The Morgan fingerprint density at radius 2 is 2.29 bits per heavy atom. The first-order valence-corrected chi connectivity index (χ1v) is 7.39. The molecule has 2 aromatic heterocycles. The third kappa shape index (κ3) is 3.51. The molecule has 0 unspecified atom stereocenters. The van der Waals surface area contributed by atoms with Gasteiger partial charge in [0.25, 0.3) is 0 Å². The fourth-order valence-electron chi connectivity index (χ4n) is 2.50. The molecule has 0 N–H and O–H groups in total. The van der Waals surface area contributed by atoms with E-state index in [9.17, 15) is 4.79 Å². The van der Waals surface area contributed by atoms with Gasteiger partial charge in [-0.25, -0.2) is 0 Å². The van der Waals surface area contributed by atoms with Gasteiger partial charge in [0.15, 0.2) is 0 Å². The van der Waals surface area contributed by atoms with Crippen molar-refractivity contribution >= 4 is 5.91 Å². The lowest BCUT2D eigenvalue weighted by Crippen LogP contribution is -2.33. The number of nitrogens with zero attached hydrogens (tertiary/aromatic N) is 5. The highest BCUT2D eigenvalue weighted by Gasteiger charge is 2.32. The summed E-state index contributed by atoms with van der Waals surface area (Å²) < 4.78 is 3.61. The molecule has 0 bridgehead atoms. The van der Waals surface area contributed by atoms with Crippen molar-refractivity contribution in [1.82, 2.24) is 24.5 Å². The van der Waals surface area contributed by atoms with Gasteiger partial charge in [-0.2, -0.15) is 10.2 Å². The highest BCUT2D eigenvalue weighted by molar-refractivity contribution is 5.76. The van der Waals surface area contributed by atoms with Crippen LogP contribution in [0.25, 0.3) is 0 Å².